The van der Waals surface area contributed by atoms with Crippen molar-refractivity contribution >= 4 is 0 Å². The average molecular weight is 222 g/mol. The van der Waals surface area contributed by atoms with Crippen molar-refractivity contribution in [1.29, 1.82) is 0 Å². The monoisotopic (exact) mass is 222 g/mol. The van der Waals surface area contributed by atoms with Gasteiger partial charge in [-0.1, -0.05) is 6.92 Å². The Kier molecular flexibility index (Phi) is 3.66. The molecule has 1 N–H and O–H groups in total. The number of nitrogens with one attached hydrogen (secondary N) is 1. The summed E-state index contributed by atoms with van der Waals surface area (Å²) in [4.78, 5) is 2.56. The molecule has 0 bridgehead atoms. The number of hydrogen-bond donors (Lipinski definition) is 1. The van der Waals surface area contributed by atoms with E-state index in [0.29, 0.717) is 18.1 Å². The fourth-order valence-electron chi connectivity index (χ4n) is 2.56. The second-order valence-electron chi connectivity index (χ2n) is 4.79. The molecule has 3 atom stereocenters. The van der Waals surface area contributed by atoms with E-state index in [1.165, 1.54) is 0 Å². The van der Waals surface area contributed by atoms with Gasteiger partial charge in [-0.15, -0.1) is 0 Å². The Morgan fingerprint density at radius 2 is 2.38 bits per heavy atom. The summed E-state index contributed by atoms with van der Waals surface area (Å²) in [6.45, 7) is 8.92. The zero-order chi connectivity index (χ0) is 11.5. The molecule has 1 fully saturated rings. The minimum Gasteiger partial charge on any atom is -0.468 e. The van der Waals surface area contributed by atoms with Crippen molar-refractivity contribution in [2.24, 2.45) is 0 Å². The van der Waals surface area contributed by atoms with E-state index in [1.54, 1.807) is 6.26 Å². The molecule has 1 aromatic heterocycles. The van der Waals surface area contributed by atoms with E-state index in [4.69, 9.17) is 4.42 Å². The van der Waals surface area contributed by atoms with Crippen LogP contribution in [0.15, 0.2) is 22.8 Å². The van der Waals surface area contributed by atoms with Crippen molar-refractivity contribution in [3.05, 3.63) is 24.2 Å². The van der Waals surface area contributed by atoms with E-state index in [2.05, 4.69) is 37.1 Å². The van der Waals surface area contributed by atoms with E-state index in [1.807, 2.05) is 6.07 Å². The first kappa shape index (κ1) is 11.7. The molecule has 0 spiro atoms. The molecule has 0 saturated carbocycles. The second-order valence-corrected chi connectivity index (χ2v) is 4.79. The molecule has 0 amide bonds. The predicted molar refractivity (Wildman–Crippen MR) is 65.4 cm³/mol. The molecule has 0 aliphatic carbocycles. The highest BCUT2D eigenvalue weighted by molar-refractivity contribution is 5.06. The van der Waals surface area contributed by atoms with Gasteiger partial charge in [0.25, 0.3) is 0 Å². The predicted octanol–water partition coefficient (Wildman–Crippen LogP) is 2.41. The summed E-state index contributed by atoms with van der Waals surface area (Å²) < 4.78 is 5.56. The Labute approximate surface area is 97.8 Å². The van der Waals surface area contributed by atoms with Crippen LogP contribution in [0, 0.1) is 0 Å². The Morgan fingerprint density at radius 3 is 3.00 bits per heavy atom. The summed E-state index contributed by atoms with van der Waals surface area (Å²) in [6.07, 6.45) is 2.87. The first-order valence-corrected chi connectivity index (χ1v) is 6.25. The van der Waals surface area contributed by atoms with Crippen LogP contribution in [0.25, 0.3) is 0 Å². The Balaban J connectivity index is 2.13. The molecule has 0 aromatic carbocycles. The van der Waals surface area contributed by atoms with Gasteiger partial charge in [-0.3, -0.25) is 4.90 Å². The molecular formula is C13H22N2O. The molecule has 3 unspecified atom stereocenters. The summed E-state index contributed by atoms with van der Waals surface area (Å²) in [5.41, 5.74) is 0. The number of rotatable bonds is 3. The highest BCUT2D eigenvalue weighted by atomic mass is 16.3. The number of piperazine rings is 1. The van der Waals surface area contributed by atoms with Crippen LogP contribution in [-0.2, 0) is 0 Å². The molecule has 2 rings (SSSR count). The largest absolute Gasteiger partial charge is 0.468 e. The molecule has 90 valence electrons. The summed E-state index contributed by atoms with van der Waals surface area (Å²) in [5.74, 6) is 1.10. The van der Waals surface area contributed by atoms with Crippen LogP contribution in [0.1, 0.15) is 39.0 Å². The van der Waals surface area contributed by atoms with Crippen molar-refractivity contribution < 1.29 is 4.42 Å². The fourth-order valence-corrected chi connectivity index (χ4v) is 2.56. The van der Waals surface area contributed by atoms with Gasteiger partial charge < -0.3 is 9.73 Å². The zero-order valence-electron chi connectivity index (χ0n) is 10.4. The molecule has 3 nitrogen and oxygen atoms in total. The average Bonchev–Trinajstić information content (AvgIpc) is 2.78. The smallest absolute Gasteiger partial charge is 0.120 e. The summed E-state index contributed by atoms with van der Waals surface area (Å²) in [6, 6.07) is 5.64. The Morgan fingerprint density at radius 1 is 1.56 bits per heavy atom. The molecule has 1 aliphatic heterocycles. The maximum Gasteiger partial charge on any atom is 0.120 e. The van der Waals surface area contributed by atoms with Gasteiger partial charge in [0.15, 0.2) is 0 Å². The van der Waals surface area contributed by atoms with E-state index in [-0.39, 0.29) is 0 Å². The van der Waals surface area contributed by atoms with Crippen LogP contribution < -0.4 is 5.32 Å². The third-order valence-corrected chi connectivity index (χ3v) is 3.47. The van der Waals surface area contributed by atoms with Crippen LogP contribution in [-0.4, -0.2) is 30.1 Å². The quantitative estimate of drug-likeness (QED) is 0.851. The van der Waals surface area contributed by atoms with Gasteiger partial charge in [-0.2, -0.15) is 0 Å². The van der Waals surface area contributed by atoms with Gasteiger partial charge in [0.05, 0.1) is 12.3 Å². The van der Waals surface area contributed by atoms with Crippen LogP contribution in [0.5, 0.6) is 0 Å². The highest BCUT2D eigenvalue weighted by Crippen LogP contribution is 2.27. The second kappa shape index (κ2) is 5.02. The summed E-state index contributed by atoms with van der Waals surface area (Å²) in [7, 11) is 0. The van der Waals surface area contributed by atoms with Crippen LogP contribution in [0.2, 0.25) is 0 Å². The standard InChI is InChI=1S/C13H22N2O/c1-4-12(13-6-5-7-16-13)15-9-10(2)14-8-11(15)3/h5-7,10-12,14H,4,8-9H2,1-3H3. The Hall–Kier alpha value is -0.800. The zero-order valence-corrected chi connectivity index (χ0v) is 10.4. The van der Waals surface area contributed by atoms with Crippen LogP contribution in [0.3, 0.4) is 0 Å². The maximum absolute atomic E-state index is 5.56. The molecule has 16 heavy (non-hydrogen) atoms. The van der Waals surface area contributed by atoms with E-state index < -0.39 is 0 Å². The molecule has 0 radical (unpaired) electrons. The van der Waals surface area contributed by atoms with Gasteiger partial charge in [-0.05, 0) is 32.4 Å². The minimum absolute atomic E-state index is 0.426. The normalized spacial score (nSPS) is 29.2. The maximum atomic E-state index is 5.56. The third kappa shape index (κ3) is 2.30. The third-order valence-electron chi connectivity index (χ3n) is 3.47. The molecule has 2 heterocycles. The van der Waals surface area contributed by atoms with Gasteiger partial charge >= 0.3 is 0 Å². The summed E-state index contributed by atoms with van der Waals surface area (Å²) >= 11 is 0. The van der Waals surface area contributed by atoms with Crippen molar-refractivity contribution in [2.45, 2.75) is 45.3 Å². The lowest BCUT2D eigenvalue weighted by Gasteiger charge is -2.41. The van der Waals surface area contributed by atoms with E-state index in [9.17, 15) is 0 Å². The summed E-state index contributed by atoms with van der Waals surface area (Å²) in [5, 5.41) is 3.51. The van der Waals surface area contributed by atoms with Gasteiger partial charge in [-0.25, -0.2) is 0 Å². The molecule has 1 saturated heterocycles. The SMILES string of the molecule is CCC(c1ccco1)N1CC(C)NCC1C. The fraction of sp³-hybridized carbons (Fsp3) is 0.692. The van der Waals surface area contributed by atoms with Crippen molar-refractivity contribution in [1.82, 2.24) is 10.2 Å². The lowest BCUT2D eigenvalue weighted by molar-refractivity contribution is 0.0803. The van der Waals surface area contributed by atoms with Gasteiger partial charge in [0.1, 0.15) is 5.76 Å². The van der Waals surface area contributed by atoms with E-state index >= 15 is 0 Å². The van der Waals surface area contributed by atoms with Crippen molar-refractivity contribution in [2.75, 3.05) is 13.1 Å². The van der Waals surface area contributed by atoms with Crippen molar-refractivity contribution in [3.63, 3.8) is 0 Å². The number of hydrogen-bond acceptors (Lipinski definition) is 3. The topological polar surface area (TPSA) is 28.4 Å². The highest BCUT2D eigenvalue weighted by Gasteiger charge is 2.29. The lowest BCUT2D eigenvalue weighted by Crippen LogP contribution is -2.55. The minimum atomic E-state index is 0.426. The first-order chi connectivity index (χ1) is 7.72. The molecule has 1 aromatic rings. The number of furan rings is 1. The Bertz CT molecular complexity index is 310. The number of nitrogens with zero attached hydrogens (tertiary/aromatic N) is 1. The van der Waals surface area contributed by atoms with E-state index in [0.717, 1.165) is 25.3 Å². The molecular weight excluding hydrogens is 200 g/mol. The molecule has 1 aliphatic rings. The van der Waals surface area contributed by atoms with Crippen LogP contribution >= 0.6 is 0 Å². The first-order valence-electron chi connectivity index (χ1n) is 6.25. The van der Waals surface area contributed by atoms with Gasteiger partial charge in [0, 0.05) is 25.2 Å². The van der Waals surface area contributed by atoms with Crippen molar-refractivity contribution in [3.8, 4) is 0 Å². The lowest BCUT2D eigenvalue weighted by atomic mass is 10.0. The van der Waals surface area contributed by atoms with Gasteiger partial charge in [0.2, 0.25) is 0 Å². The van der Waals surface area contributed by atoms with Crippen LogP contribution in [0.4, 0.5) is 0 Å². The molecule has 3 heteroatoms.